The molecule has 2 N–H and O–H groups in total. The summed E-state index contributed by atoms with van der Waals surface area (Å²) in [5, 5.41) is 13.2. The van der Waals surface area contributed by atoms with Crippen molar-refractivity contribution in [2.24, 2.45) is 0 Å². The molecule has 22 heavy (non-hydrogen) atoms. The minimum absolute atomic E-state index is 0. The fourth-order valence-electron chi connectivity index (χ4n) is 2.51. The lowest BCUT2D eigenvalue weighted by atomic mass is 10.2. The van der Waals surface area contributed by atoms with Crippen molar-refractivity contribution in [2.45, 2.75) is 6.92 Å². The number of hydrogen-bond acceptors (Lipinski definition) is 3. The Morgan fingerprint density at radius 3 is 2.59 bits per heavy atom. The molecule has 124 valence electrons. The first-order chi connectivity index (χ1) is 9.79. The van der Waals surface area contributed by atoms with Crippen LogP contribution in [0.3, 0.4) is 0 Å². The number of benzene rings is 1. The van der Waals surface area contributed by atoms with Gasteiger partial charge in [0.2, 0.25) is 0 Å². The number of quaternary nitrogens is 1. The molecule has 1 aromatic carbocycles. The number of carbonyl (C=O) groups is 1. The second-order valence-electron chi connectivity index (χ2n) is 6.19. The summed E-state index contributed by atoms with van der Waals surface area (Å²) in [6, 6.07) is 3.15. The molecular formula is C15H23Cl2N3O2. The molecule has 0 bridgehead atoms. The Kier molecular flexibility index (Phi) is 6.50. The summed E-state index contributed by atoms with van der Waals surface area (Å²) < 4.78 is 0.719. The topological polar surface area (TPSA) is 52.6 Å². The van der Waals surface area contributed by atoms with E-state index in [1.165, 1.54) is 0 Å². The maximum Gasteiger partial charge on any atom is 0.279 e. The number of phenolic OH excluding ortho intramolecular Hbond substituents is 1. The van der Waals surface area contributed by atoms with E-state index >= 15 is 0 Å². The third-order valence-corrected chi connectivity index (χ3v) is 4.53. The molecule has 1 saturated heterocycles. The average molecular weight is 348 g/mol. The van der Waals surface area contributed by atoms with Gasteiger partial charge in [-0.15, -0.1) is 0 Å². The molecule has 0 atom stereocenters. The van der Waals surface area contributed by atoms with E-state index in [1.807, 2.05) is 6.92 Å². The largest absolute Gasteiger partial charge is 1.00 e. The van der Waals surface area contributed by atoms with Gasteiger partial charge in [0.1, 0.15) is 5.75 Å². The monoisotopic (exact) mass is 347 g/mol. The minimum Gasteiger partial charge on any atom is -1.00 e. The van der Waals surface area contributed by atoms with Gasteiger partial charge < -0.3 is 27.3 Å². The van der Waals surface area contributed by atoms with Gasteiger partial charge in [0.25, 0.3) is 5.91 Å². The summed E-state index contributed by atoms with van der Waals surface area (Å²) in [6.45, 7) is 6.09. The summed E-state index contributed by atoms with van der Waals surface area (Å²) in [6.07, 6.45) is 0. The number of hydrogen-bond donors (Lipinski definition) is 2. The number of amides is 1. The Hall–Kier alpha value is -1.01. The van der Waals surface area contributed by atoms with Gasteiger partial charge >= 0.3 is 0 Å². The molecule has 1 amide bonds. The van der Waals surface area contributed by atoms with Gasteiger partial charge in [-0.25, -0.2) is 0 Å². The van der Waals surface area contributed by atoms with Crippen LogP contribution in [0.25, 0.3) is 0 Å². The molecule has 1 aliphatic rings. The average Bonchev–Trinajstić information content (AvgIpc) is 2.39. The van der Waals surface area contributed by atoms with Crippen molar-refractivity contribution in [1.29, 1.82) is 0 Å². The van der Waals surface area contributed by atoms with Gasteiger partial charge in [0, 0.05) is 18.1 Å². The van der Waals surface area contributed by atoms with E-state index in [1.54, 1.807) is 12.1 Å². The lowest BCUT2D eigenvalue weighted by Crippen LogP contribution is -3.00. The standard InChI is InChI=1S/C15H22ClN3O2.ClH/c1-11-8-14(20)13(9-12(11)16)17-15(21)10-19(3)6-4-18(2)5-7-19;/h8-9H,4-7,10H2,1-3H3,(H-,17,20,21);1H. The predicted octanol–water partition coefficient (Wildman–Crippen LogP) is -1.31. The molecule has 0 aliphatic carbocycles. The number of aromatic hydroxyl groups is 1. The predicted molar refractivity (Wildman–Crippen MR) is 84.8 cm³/mol. The molecule has 1 heterocycles. The fourth-order valence-corrected chi connectivity index (χ4v) is 2.67. The molecular weight excluding hydrogens is 325 g/mol. The smallest absolute Gasteiger partial charge is 0.279 e. The van der Waals surface area contributed by atoms with E-state index in [4.69, 9.17) is 11.6 Å². The molecule has 0 aromatic heterocycles. The van der Waals surface area contributed by atoms with Crippen LogP contribution in [-0.4, -0.2) is 67.2 Å². The van der Waals surface area contributed by atoms with E-state index in [2.05, 4.69) is 24.3 Å². The summed E-state index contributed by atoms with van der Waals surface area (Å²) in [5.74, 6) is -0.0523. The van der Waals surface area contributed by atoms with Crippen LogP contribution in [-0.2, 0) is 4.79 Å². The van der Waals surface area contributed by atoms with Crippen LogP contribution in [0.1, 0.15) is 5.56 Å². The number of halogens is 2. The number of piperazine rings is 1. The third-order valence-electron chi connectivity index (χ3n) is 4.12. The first-order valence-corrected chi connectivity index (χ1v) is 7.48. The number of phenols is 1. The zero-order valence-electron chi connectivity index (χ0n) is 13.2. The lowest BCUT2D eigenvalue weighted by Gasteiger charge is -2.40. The lowest BCUT2D eigenvalue weighted by molar-refractivity contribution is -0.905. The summed E-state index contributed by atoms with van der Waals surface area (Å²) in [5.41, 5.74) is 1.15. The van der Waals surface area contributed by atoms with Gasteiger partial charge in [-0.2, -0.15) is 0 Å². The highest BCUT2D eigenvalue weighted by atomic mass is 35.5. The van der Waals surface area contributed by atoms with Crippen molar-refractivity contribution in [2.75, 3.05) is 52.1 Å². The molecule has 0 radical (unpaired) electrons. The van der Waals surface area contributed by atoms with Crippen molar-refractivity contribution < 1.29 is 26.8 Å². The van der Waals surface area contributed by atoms with Crippen molar-refractivity contribution in [1.82, 2.24) is 4.90 Å². The first-order valence-electron chi connectivity index (χ1n) is 7.10. The zero-order valence-corrected chi connectivity index (χ0v) is 14.7. The number of nitrogens with one attached hydrogen (secondary N) is 1. The van der Waals surface area contributed by atoms with Crippen molar-refractivity contribution in [3.05, 3.63) is 22.7 Å². The second kappa shape index (κ2) is 7.51. The summed E-state index contributed by atoms with van der Waals surface area (Å²) >= 11 is 6.03. The maximum atomic E-state index is 12.2. The Labute approximate surface area is 142 Å². The maximum absolute atomic E-state index is 12.2. The quantitative estimate of drug-likeness (QED) is 0.527. The SMILES string of the molecule is Cc1cc(O)c(NC(=O)C[N+]2(C)CCN(C)CC2)cc1Cl.[Cl-]. The van der Waals surface area contributed by atoms with Crippen molar-refractivity contribution in [3.63, 3.8) is 0 Å². The molecule has 0 unspecified atom stereocenters. The molecule has 1 fully saturated rings. The molecule has 5 nitrogen and oxygen atoms in total. The Morgan fingerprint density at radius 1 is 1.41 bits per heavy atom. The number of anilines is 1. The van der Waals surface area contributed by atoms with E-state index in [0.717, 1.165) is 36.2 Å². The molecule has 2 rings (SSSR count). The number of rotatable bonds is 3. The van der Waals surface area contributed by atoms with Crippen LogP contribution >= 0.6 is 11.6 Å². The number of nitrogens with zero attached hydrogens (tertiary/aromatic N) is 2. The second-order valence-corrected chi connectivity index (χ2v) is 6.60. The minimum atomic E-state index is -0.0997. The molecule has 0 saturated carbocycles. The fraction of sp³-hybridized carbons (Fsp3) is 0.533. The van der Waals surface area contributed by atoms with Crippen LogP contribution in [0.4, 0.5) is 5.69 Å². The number of likely N-dealkylation sites (N-methyl/N-ethyl adjacent to an activating group) is 2. The number of carbonyl (C=O) groups excluding carboxylic acids is 1. The van der Waals surface area contributed by atoms with E-state index in [0.29, 0.717) is 17.3 Å². The van der Waals surface area contributed by atoms with Crippen LogP contribution in [0.5, 0.6) is 5.75 Å². The van der Waals surface area contributed by atoms with Gasteiger partial charge in [-0.05, 0) is 31.7 Å². The molecule has 1 aliphatic heterocycles. The molecule has 0 spiro atoms. The normalized spacial score (nSPS) is 17.6. The van der Waals surface area contributed by atoms with Gasteiger partial charge in [-0.3, -0.25) is 9.69 Å². The summed E-state index contributed by atoms with van der Waals surface area (Å²) in [7, 11) is 4.18. The van der Waals surface area contributed by atoms with Crippen LogP contribution in [0.15, 0.2) is 12.1 Å². The third kappa shape index (κ3) is 4.74. The summed E-state index contributed by atoms with van der Waals surface area (Å²) in [4.78, 5) is 14.5. The molecule has 1 aromatic rings. The number of aryl methyl sites for hydroxylation is 1. The van der Waals surface area contributed by atoms with E-state index in [9.17, 15) is 9.90 Å². The van der Waals surface area contributed by atoms with Gasteiger partial charge in [-0.1, -0.05) is 11.6 Å². The van der Waals surface area contributed by atoms with E-state index < -0.39 is 0 Å². The van der Waals surface area contributed by atoms with Crippen LogP contribution in [0, 0.1) is 6.92 Å². The Morgan fingerprint density at radius 2 is 2.00 bits per heavy atom. The Bertz CT molecular complexity index is 544. The highest BCUT2D eigenvalue weighted by molar-refractivity contribution is 6.31. The van der Waals surface area contributed by atoms with Crippen LogP contribution in [0.2, 0.25) is 5.02 Å². The van der Waals surface area contributed by atoms with Gasteiger partial charge in [0.15, 0.2) is 6.54 Å². The van der Waals surface area contributed by atoms with Gasteiger partial charge in [0.05, 0.1) is 25.8 Å². The van der Waals surface area contributed by atoms with Crippen LogP contribution < -0.4 is 17.7 Å². The zero-order chi connectivity index (χ0) is 15.6. The van der Waals surface area contributed by atoms with Crippen molar-refractivity contribution in [3.8, 4) is 5.75 Å². The molecule has 7 heteroatoms. The first kappa shape index (κ1) is 19.0. The highest BCUT2D eigenvalue weighted by Gasteiger charge is 2.29. The van der Waals surface area contributed by atoms with E-state index in [-0.39, 0.29) is 24.1 Å². The Balaban J connectivity index is 0.00000242. The van der Waals surface area contributed by atoms with Crippen molar-refractivity contribution >= 4 is 23.2 Å². The highest BCUT2D eigenvalue weighted by Crippen LogP contribution is 2.29.